The zero-order valence-electron chi connectivity index (χ0n) is 22.5. The van der Waals surface area contributed by atoms with E-state index in [1.807, 2.05) is 109 Å². The molecule has 0 atom stereocenters. The van der Waals surface area contributed by atoms with Crippen molar-refractivity contribution in [1.29, 1.82) is 0 Å². The molecule has 0 aliphatic carbocycles. The van der Waals surface area contributed by atoms with E-state index in [0.29, 0.717) is 19.7 Å². The number of benzene rings is 4. The maximum atomic E-state index is 13.0. The van der Waals surface area contributed by atoms with Crippen LogP contribution in [0.1, 0.15) is 18.4 Å². The number of nitrogens with zero attached hydrogens (tertiary/aromatic N) is 3. The Morgan fingerprint density at radius 1 is 0.875 bits per heavy atom. The second-order valence-electron chi connectivity index (χ2n) is 10.0. The molecule has 2 heterocycles. The van der Waals surface area contributed by atoms with E-state index in [0.717, 1.165) is 58.0 Å². The number of likely N-dealkylation sites (tertiary alicyclic amines) is 1. The molecule has 6 rings (SSSR count). The van der Waals surface area contributed by atoms with Crippen molar-refractivity contribution in [3.8, 4) is 22.9 Å². The van der Waals surface area contributed by atoms with E-state index in [1.54, 1.807) is 0 Å². The Kier molecular flexibility index (Phi) is 7.35. The summed E-state index contributed by atoms with van der Waals surface area (Å²) in [6.07, 6.45) is 1.63. The van der Waals surface area contributed by atoms with E-state index >= 15 is 0 Å². The summed E-state index contributed by atoms with van der Waals surface area (Å²) in [7, 11) is 2.01. The van der Waals surface area contributed by atoms with Crippen molar-refractivity contribution in [2.45, 2.75) is 25.6 Å². The van der Waals surface area contributed by atoms with Gasteiger partial charge in [0.15, 0.2) is 0 Å². The van der Waals surface area contributed by atoms with Gasteiger partial charge in [0.05, 0.1) is 11.0 Å². The number of piperidine rings is 1. The Morgan fingerprint density at radius 2 is 1.60 bits per heavy atom. The van der Waals surface area contributed by atoms with Gasteiger partial charge in [-0.15, -0.1) is 0 Å². The van der Waals surface area contributed by atoms with Gasteiger partial charge >= 0.3 is 6.03 Å². The number of hydrogen-bond donors (Lipinski definition) is 1. The van der Waals surface area contributed by atoms with E-state index in [9.17, 15) is 4.79 Å². The van der Waals surface area contributed by atoms with Crippen molar-refractivity contribution in [1.82, 2.24) is 14.5 Å². The van der Waals surface area contributed by atoms with Gasteiger partial charge < -0.3 is 24.3 Å². The number of rotatable bonds is 7. The third-order valence-corrected chi connectivity index (χ3v) is 7.26. The largest absolute Gasteiger partial charge is 0.490 e. The Morgan fingerprint density at radius 3 is 2.38 bits per heavy atom. The number of hydrogen-bond acceptors (Lipinski definition) is 4. The second-order valence-corrected chi connectivity index (χ2v) is 10.0. The molecule has 1 aromatic heterocycles. The average Bonchev–Trinajstić information content (AvgIpc) is 3.34. The Bertz CT molecular complexity index is 1590. The molecular weight excluding hydrogens is 500 g/mol. The predicted octanol–water partition coefficient (Wildman–Crippen LogP) is 6.89. The molecular formula is C33H32N4O3. The fourth-order valence-electron chi connectivity index (χ4n) is 5.07. The fraction of sp³-hybridized carbons (Fsp3) is 0.212. The molecule has 202 valence electrons. The lowest BCUT2D eigenvalue weighted by Crippen LogP contribution is -2.43. The zero-order valence-corrected chi connectivity index (χ0v) is 22.5. The van der Waals surface area contributed by atoms with Crippen LogP contribution in [0.4, 0.5) is 10.5 Å². The van der Waals surface area contributed by atoms with Gasteiger partial charge in [-0.25, -0.2) is 9.78 Å². The smallest absolute Gasteiger partial charge is 0.321 e. The first-order valence-corrected chi connectivity index (χ1v) is 13.6. The highest BCUT2D eigenvalue weighted by Gasteiger charge is 2.24. The lowest BCUT2D eigenvalue weighted by molar-refractivity contribution is 0.115. The van der Waals surface area contributed by atoms with E-state index in [2.05, 4.69) is 16.0 Å². The standard InChI is InChI=1S/C33H32N4O3/c1-36-31-13-6-5-12-30(31)35-32(36)25-10-7-11-26(22-25)34-33(38)37-20-18-29(19-21-37)40-28-16-14-27(15-17-28)39-23-24-8-3-2-4-9-24/h2-17,22,29H,18-21,23H2,1H3,(H,34,38). The van der Waals surface area contributed by atoms with Crippen molar-refractivity contribution in [3.63, 3.8) is 0 Å². The zero-order chi connectivity index (χ0) is 27.3. The number of anilines is 1. The van der Waals surface area contributed by atoms with Crippen molar-refractivity contribution >= 4 is 22.8 Å². The number of urea groups is 1. The summed E-state index contributed by atoms with van der Waals surface area (Å²) >= 11 is 0. The normalized spacial score (nSPS) is 13.8. The third kappa shape index (κ3) is 5.78. The molecule has 1 aliphatic rings. The number of amides is 2. The van der Waals surface area contributed by atoms with Gasteiger partial charge in [0.2, 0.25) is 0 Å². The first-order chi connectivity index (χ1) is 19.6. The summed E-state index contributed by atoms with van der Waals surface area (Å²) in [5.41, 5.74) is 4.87. The van der Waals surface area contributed by atoms with Crippen LogP contribution < -0.4 is 14.8 Å². The van der Waals surface area contributed by atoms with Gasteiger partial charge in [0.25, 0.3) is 0 Å². The topological polar surface area (TPSA) is 68.6 Å². The van der Waals surface area contributed by atoms with Crippen molar-refractivity contribution in [2.75, 3.05) is 18.4 Å². The first kappa shape index (κ1) is 25.5. The van der Waals surface area contributed by atoms with E-state index in [4.69, 9.17) is 14.5 Å². The summed E-state index contributed by atoms with van der Waals surface area (Å²) in [5, 5.41) is 3.06. The number of fused-ring (bicyclic) bond motifs is 1. The van der Waals surface area contributed by atoms with Crippen LogP contribution in [-0.4, -0.2) is 39.7 Å². The minimum absolute atomic E-state index is 0.0704. The minimum atomic E-state index is -0.0967. The number of nitrogens with one attached hydrogen (secondary N) is 1. The Labute approximate surface area is 234 Å². The van der Waals surface area contributed by atoms with Gasteiger partial charge in [-0.05, 0) is 54.1 Å². The fourth-order valence-corrected chi connectivity index (χ4v) is 5.07. The molecule has 0 unspecified atom stereocenters. The average molecular weight is 533 g/mol. The molecule has 0 spiro atoms. The van der Waals surface area contributed by atoms with Crippen molar-refractivity contribution in [2.24, 2.45) is 7.05 Å². The molecule has 0 radical (unpaired) electrons. The molecule has 40 heavy (non-hydrogen) atoms. The number of imidazole rings is 1. The Hall–Kier alpha value is -4.78. The van der Waals surface area contributed by atoms with Gasteiger partial charge in [0.1, 0.15) is 30.0 Å². The van der Waals surface area contributed by atoms with Crippen LogP contribution in [0, 0.1) is 0 Å². The molecule has 7 heteroatoms. The van der Waals surface area contributed by atoms with E-state index < -0.39 is 0 Å². The molecule has 1 N–H and O–H groups in total. The summed E-state index contributed by atoms with van der Waals surface area (Å²) in [5.74, 6) is 2.49. The molecule has 5 aromatic rings. The lowest BCUT2D eigenvalue weighted by atomic mass is 10.1. The van der Waals surface area contributed by atoms with E-state index in [-0.39, 0.29) is 12.1 Å². The van der Waals surface area contributed by atoms with Crippen LogP contribution >= 0.6 is 0 Å². The molecule has 1 aliphatic heterocycles. The number of aryl methyl sites for hydroxylation is 1. The molecule has 2 amide bonds. The molecule has 0 bridgehead atoms. The summed E-state index contributed by atoms with van der Waals surface area (Å²) in [6, 6.07) is 33.7. The highest BCUT2D eigenvalue weighted by Crippen LogP contribution is 2.27. The number of aromatic nitrogens is 2. The highest BCUT2D eigenvalue weighted by atomic mass is 16.5. The van der Waals surface area contributed by atoms with Gasteiger partial charge in [-0.2, -0.15) is 0 Å². The number of carbonyl (C=O) groups is 1. The molecule has 7 nitrogen and oxygen atoms in total. The molecule has 0 saturated carbocycles. The number of para-hydroxylation sites is 2. The van der Waals surface area contributed by atoms with Crippen molar-refractivity contribution < 1.29 is 14.3 Å². The molecule has 4 aromatic carbocycles. The van der Waals surface area contributed by atoms with E-state index in [1.165, 1.54) is 0 Å². The van der Waals surface area contributed by atoms with Crippen LogP contribution in [-0.2, 0) is 13.7 Å². The Balaban J connectivity index is 1.00. The van der Waals surface area contributed by atoms with Crippen LogP contribution in [0.3, 0.4) is 0 Å². The highest BCUT2D eigenvalue weighted by molar-refractivity contribution is 5.90. The monoisotopic (exact) mass is 532 g/mol. The summed E-state index contributed by atoms with van der Waals surface area (Å²) < 4.78 is 14.1. The van der Waals surface area contributed by atoms with Crippen LogP contribution in [0.25, 0.3) is 22.4 Å². The number of carbonyl (C=O) groups excluding carboxylic acids is 1. The maximum Gasteiger partial charge on any atom is 0.321 e. The van der Waals surface area contributed by atoms with Crippen LogP contribution in [0.15, 0.2) is 103 Å². The minimum Gasteiger partial charge on any atom is -0.490 e. The van der Waals surface area contributed by atoms with Gasteiger partial charge in [-0.1, -0.05) is 54.6 Å². The van der Waals surface area contributed by atoms with Crippen LogP contribution in [0.5, 0.6) is 11.5 Å². The maximum absolute atomic E-state index is 13.0. The first-order valence-electron chi connectivity index (χ1n) is 13.6. The number of ether oxygens (including phenoxy) is 2. The van der Waals surface area contributed by atoms with Gasteiger partial charge in [-0.3, -0.25) is 0 Å². The molecule has 1 saturated heterocycles. The second kappa shape index (κ2) is 11.5. The quantitative estimate of drug-likeness (QED) is 0.248. The van der Waals surface area contributed by atoms with Crippen molar-refractivity contribution in [3.05, 3.63) is 109 Å². The van der Waals surface area contributed by atoms with Crippen LogP contribution in [0.2, 0.25) is 0 Å². The summed E-state index contributed by atoms with van der Waals surface area (Å²) in [6.45, 7) is 1.81. The van der Waals surface area contributed by atoms with Gasteiger partial charge in [0, 0.05) is 44.2 Å². The predicted molar refractivity (Wildman–Crippen MR) is 158 cm³/mol. The molecule has 1 fully saturated rings. The summed E-state index contributed by atoms with van der Waals surface area (Å²) in [4.78, 5) is 19.7. The SMILES string of the molecule is Cn1c(-c2cccc(NC(=O)N3CCC(Oc4ccc(OCc5ccccc5)cc4)CC3)c2)nc2ccccc21. The lowest BCUT2D eigenvalue weighted by Gasteiger charge is -2.32. The third-order valence-electron chi connectivity index (χ3n) is 7.26.